The van der Waals surface area contributed by atoms with E-state index in [1.54, 1.807) is 0 Å². The smallest absolute Gasteiger partial charge is 0.244 e. The van der Waals surface area contributed by atoms with E-state index >= 15 is 0 Å². The average Bonchev–Trinajstić information content (AvgIpc) is 2.97. The number of nitrogens with zero attached hydrogens (tertiary/aromatic N) is 2. The largest absolute Gasteiger partial charge is 0.325 e. The summed E-state index contributed by atoms with van der Waals surface area (Å²) in [4.78, 5) is 17.2. The van der Waals surface area contributed by atoms with Crippen molar-refractivity contribution in [3.8, 4) is 0 Å². The number of amides is 1. The van der Waals surface area contributed by atoms with Crippen LogP contribution in [0.3, 0.4) is 0 Å². The number of carbonyl (C=O) groups is 1. The van der Waals surface area contributed by atoms with Crippen molar-refractivity contribution in [2.75, 3.05) is 37.7 Å². The summed E-state index contributed by atoms with van der Waals surface area (Å²) >= 11 is 2.04. The molecule has 5 heteroatoms. The van der Waals surface area contributed by atoms with Gasteiger partial charge in [0.25, 0.3) is 0 Å². The predicted octanol–water partition coefficient (Wildman–Crippen LogP) is 1.13. The number of hydrogen-bond acceptors (Lipinski definition) is 4. The highest BCUT2D eigenvalue weighted by Crippen LogP contribution is 2.36. The van der Waals surface area contributed by atoms with Crippen molar-refractivity contribution in [1.82, 2.24) is 15.1 Å². The van der Waals surface area contributed by atoms with Crippen LogP contribution in [0.2, 0.25) is 0 Å². The summed E-state index contributed by atoms with van der Waals surface area (Å²) < 4.78 is 0. The van der Waals surface area contributed by atoms with E-state index in [-0.39, 0.29) is 11.7 Å². The van der Waals surface area contributed by atoms with Crippen molar-refractivity contribution < 1.29 is 4.79 Å². The Kier molecular flexibility index (Phi) is 4.06. The zero-order valence-electron chi connectivity index (χ0n) is 11.9. The molecule has 1 spiro atoms. The molecule has 0 aromatic heterocycles. The molecule has 4 nitrogen and oxygen atoms in total. The first kappa shape index (κ1) is 13.7. The van der Waals surface area contributed by atoms with Crippen molar-refractivity contribution in [2.45, 2.75) is 44.3 Å². The maximum absolute atomic E-state index is 12.7. The van der Waals surface area contributed by atoms with Gasteiger partial charge < -0.3 is 4.90 Å². The van der Waals surface area contributed by atoms with Crippen LogP contribution in [-0.2, 0) is 4.79 Å². The minimum absolute atomic E-state index is 0.197. The van der Waals surface area contributed by atoms with Crippen LogP contribution in [0.4, 0.5) is 0 Å². The van der Waals surface area contributed by atoms with Gasteiger partial charge in [-0.2, -0.15) is 11.8 Å². The topological polar surface area (TPSA) is 35.6 Å². The molecule has 3 fully saturated rings. The van der Waals surface area contributed by atoms with Crippen LogP contribution in [-0.4, -0.2) is 65.1 Å². The summed E-state index contributed by atoms with van der Waals surface area (Å²) in [5.41, 5.74) is -0.197. The van der Waals surface area contributed by atoms with Crippen LogP contribution >= 0.6 is 11.8 Å². The Bertz CT molecular complexity index is 338. The van der Waals surface area contributed by atoms with Crippen molar-refractivity contribution in [3.63, 3.8) is 0 Å². The van der Waals surface area contributed by atoms with E-state index in [0.717, 1.165) is 25.9 Å². The third-order valence-corrected chi connectivity index (χ3v) is 5.78. The zero-order chi connectivity index (χ0) is 13.3. The molecule has 1 N–H and O–H groups in total. The second-order valence-corrected chi connectivity index (χ2v) is 7.29. The molecule has 1 unspecified atom stereocenters. The summed E-state index contributed by atoms with van der Waals surface area (Å²) in [6.07, 6.45) is 4.68. The molecule has 2 heterocycles. The first-order valence-corrected chi connectivity index (χ1v) is 8.76. The number of rotatable bonds is 3. The fourth-order valence-corrected chi connectivity index (χ4v) is 4.67. The van der Waals surface area contributed by atoms with Crippen molar-refractivity contribution >= 4 is 17.7 Å². The normalized spacial score (nSPS) is 31.5. The summed E-state index contributed by atoms with van der Waals surface area (Å²) in [6, 6.07) is 0. The van der Waals surface area contributed by atoms with E-state index in [2.05, 4.69) is 22.0 Å². The minimum Gasteiger partial charge on any atom is -0.325 e. The molecule has 2 saturated heterocycles. The Hall–Kier alpha value is -0.260. The lowest BCUT2D eigenvalue weighted by Gasteiger charge is -2.29. The highest BCUT2D eigenvalue weighted by atomic mass is 32.2. The Morgan fingerprint density at radius 1 is 1.26 bits per heavy atom. The maximum Gasteiger partial charge on any atom is 0.244 e. The predicted molar refractivity (Wildman–Crippen MR) is 79.3 cm³/mol. The Morgan fingerprint density at radius 2 is 1.95 bits per heavy atom. The van der Waals surface area contributed by atoms with Crippen molar-refractivity contribution in [3.05, 3.63) is 0 Å². The lowest BCUT2D eigenvalue weighted by atomic mass is 9.98. The van der Waals surface area contributed by atoms with Crippen LogP contribution in [0.5, 0.6) is 0 Å². The molecule has 3 aliphatic rings. The summed E-state index contributed by atoms with van der Waals surface area (Å²) in [7, 11) is 0. The molecule has 2 aliphatic heterocycles. The summed E-state index contributed by atoms with van der Waals surface area (Å²) in [6.45, 7) is 6.42. The van der Waals surface area contributed by atoms with E-state index < -0.39 is 0 Å². The third kappa shape index (κ3) is 2.65. The lowest BCUT2D eigenvalue weighted by molar-refractivity contribution is -0.133. The molecule has 0 aromatic rings. The molecule has 1 amide bonds. The molecular formula is C14H25N3OS. The van der Waals surface area contributed by atoms with Gasteiger partial charge in [0.2, 0.25) is 5.91 Å². The number of nitrogens with one attached hydrogen (secondary N) is 1. The standard InChI is InChI=1S/C14H25N3OS/c1-12-15-14(4-2-3-5-14)13(18)17(12)7-6-16-8-10-19-11-9-16/h12,15H,2-11H2,1H3. The number of carbonyl (C=O) groups excluding carboxylic acids is 1. The van der Waals surface area contributed by atoms with E-state index in [0.29, 0.717) is 5.91 Å². The molecule has 1 aliphatic carbocycles. The molecular weight excluding hydrogens is 258 g/mol. The van der Waals surface area contributed by atoms with Gasteiger partial charge in [0, 0.05) is 37.7 Å². The van der Waals surface area contributed by atoms with Gasteiger partial charge in [0.1, 0.15) is 0 Å². The Balaban J connectivity index is 1.56. The van der Waals surface area contributed by atoms with Gasteiger partial charge in [-0.25, -0.2) is 0 Å². The first-order valence-electron chi connectivity index (χ1n) is 7.60. The minimum atomic E-state index is -0.197. The molecule has 108 valence electrons. The van der Waals surface area contributed by atoms with Crippen LogP contribution < -0.4 is 5.32 Å². The fourth-order valence-electron chi connectivity index (χ4n) is 3.70. The van der Waals surface area contributed by atoms with Gasteiger partial charge in [0.05, 0.1) is 11.7 Å². The van der Waals surface area contributed by atoms with Crippen LogP contribution in [0, 0.1) is 0 Å². The van der Waals surface area contributed by atoms with E-state index in [9.17, 15) is 4.79 Å². The summed E-state index contributed by atoms with van der Waals surface area (Å²) in [5.74, 6) is 2.85. The van der Waals surface area contributed by atoms with E-state index in [1.165, 1.54) is 37.4 Å². The highest BCUT2D eigenvalue weighted by Gasteiger charge is 2.50. The van der Waals surface area contributed by atoms with Gasteiger partial charge in [0.15, 0.2) is 0 Å². The Morgan fingerprint density at radius 3 is 2.63 bits per heavy atom. The van der Waals surface area contributed by atoms with E-state index in [4.69, 9.17) is 0 Å². The first-order chi connectivity index (χ1) is 9.21. The van der Waals surface area contributed by atoms with Gasteiger partial charge in [-0.15, -0.1) is 0 Å². The molecule has 0 aromatic carbocycles. The number of hydrogen-bond donors (Lipinski definition) is 1. The van der Waals surface area contributed by atoms with Crippen LogP contribution in [0.25, 0.3) is 0 Å². The average molecular weight is 283 g/mol. The second-order valence-electron chi connectivity index (χ2n) is 6.06. The summed E-state index contributed by atoms with van der Waals surface area (Å²) in [5, 5.41) is 3.57. The Labute approximate surface area is 120 Å². The highest BCUT2D eigenvalue weighted by molar-refractivity contribution is 7.99. The molecule has 0 bridgehead atoms. The van der Waals surface area contributed by atoms with Crippen LogP contribution in [0.15, 0.2) is 0 Å². The quantitative estimate of drug-likeness (QED) is 0.842. The maximum atomic E-state index is 12.7. The number of thioether (sulfide) groups is 1. The molecule has 1 atom stereocenters. The van der Waals surface area contributed by atoms with Gasteiger partial charge in [-0.1, -0.05) is 12.8 Å². The van der Waals surface area contributed by atoms with Gasteiger partial charge >= 0.3 is 0 Å². The second kappa shape index (κ2) is 5.62. The lowest BCUT2D eigenvalue weighted by Crippen LogP contribution is -2.45. The van der Waals surface area contributed by atoms with Crippen molar-refractivity contribution in [2.24, 2.45) is 0 Å². The molecule has 0 radical (unpaired) electrons. The molecule has 3 rings (SSSR count). The molecule has 1 saturated carbocycles. The third-order valence-electron chi connectivity index (χ3n) is 4.84. The van der Waals surface area contributed by atoms with Crippen molar-refractivity contribution in [1.29, 1.82) is 0 Å². The molecule has 19 heavy (non-hydrogen) atoms. The van der Waals surface area contributed by atoms with Gasteiger partial charge in [-0.05, 0) is 19.8 Å². The van der Waals surface area contributed by atoms with Gasteiger partial charge in [-0.3, -0.25) is 15.0 Å². The monoisotopic (exact) mass is 283 g/mol. The van der Waals surface area contributed by atoms with E-state index in [1.807, 2.05) is 11.8 Å². The fraction of sp³-hybridized carbons (Fsp3) is 0.929. The van der Waals surface area contributed by atoms with Crippen LogP contribution in [0.1, 0.15) is 32.6 Å². The zero-order valence-corrected chi connectivity index (χ0v) is 12.7. The SMILES string of the molecule is CC1NC2(CCCC2)C(=O)N1CCN1CCSCC1.